The first kappa shape index (κ1) is 15.4. The van der Waals surface area contributed by atoms with Gasteiger partial charge in [-0.1, -0.05) is 0 Å². The van der Waals surface area contributed by atoms with Gasteiger partial charge in [-0.3, -0.25) is 4.68 Å². The van der Waals surface area contributed by atoms with E-state index in [4.69, 9.17) is 4.74 Å². The molecule has 112 valence electrons. The number of hydrogen-bond donors (Lipinski definition) is 0. The van der Waals surface area contributed by atoms with Crippen molar-refractivity contribution in [3.05, 3.63) is 16.4 Å². The molecule has 0 atom stereocenters. The van der Waals surface area contributed by atoms with Crippen molar-refractivity contribution >= 4 is 22.0 Å². The SMILES string of the molecule is Cc1c(Br)cnn1C1CCN(C(=O)OC(C)(C)C)CC1. The zero-order valence-corrected chi connectivity index (χ0v) is 14.1. The maximum absolute atomic E-state index is 12.0. The van der Waals surface area contributed by atoms with Crippen LogP contribution in [0, 0.1) is 6.92 Å². The van der Waals surface area contributed by atoms with Crippen LogP contribution in [0.2, 0.25) is 0 Å². The molecule has 1 amide bonds. The normalized spacial score (nSPS) is 17.4. The first-order valence-corrected chi connectivity index (χ1v) is 7.75. The molecule has 0 radical (unpaired) electrons. The summed E-state index contributed by atoms with van der Waals surface area (Å²) >= 11 is 3.48. The molecule has 0 unspecified atom stereocenters. The molecule has 0 bridgehead atoms. The van der Waals surface area contributed by atoms with Crippen molar-refractivity contribution in [3.8, 4) is 0 Å². The van der Waals surface area contributed by atoms with Gasteiger partial charge >= 0.3 is 6.09 Å². The zero-order valence-electron chi connectivity index (χ0n) is 12.5. The maximum Gasteiger partial charge on any atom is 0.410 e. The van der Waals surface area contributed by atoms with E-state index >= 15 is 0 Å². The Bertz CT molecular complexity index is 485. The molecule has 2 heterocycles. The molecule has 0 N–H and O–H groups in total. The van der Waals surface area contributed by atoms with Crippen LogP contribution in [0.5, 0.6) is 0 Å². The number of aromatic nitrogens is 2. The van der Waals surface area contributed by atoms with Crippen LogP contribution in [-0.2, 0) is 4.74 Å². The zero-order chi connectivity index (χ0) is 14.9. The molecule has 1 aromatic rings. The molecule has 0 aliphatic carbocycles. The third-order valence-corrected chi connectivity index (χ3v) is 4.23. The largest absolute Gasteiger partial charge is 0.444 e. The quantitative estimate of drug-likeness (QED) is 0.783. The predicted octanol–water partition coefficient (Wildman–Crippen LogP) is 3.53. The number of halogens is 1. The van der Waals surface area contributed by atoms with Gasteiger partial charge in [-0.15, -0.1) is 0 Å². The Morgan fingerprint density at radius 2 is 2.00 bits per heavy atom. The molecule has 6 heteroatoms. The molecule has 2 rings (SSSR count). The van der Waals surface area contributed by atoms with Crippen LogP contribution in [-0.4, -0.2) is 39.5 Å². The van der Waals surface area contributed by atoms with E-state index in [1.54, 1.807) is 4.90 Å². The summed E-state index contributed by atoms with van der Waals surface area (Å²) in [6, 6.07) is 0.361. The Kier molecular flexibility index (Phi) is 4.42. The fourth-order valence-corrected chi connectivity index (χ4v) is 2.66. The molecule has 20 heavy (non-hydrogen) atoms. The first-order valence-electron chi connectivity index (χ1n) is 6.95. The number of hydrogen-bond acceptors (Lipinski definition) is 3. The molecular formula is C14H22BrN3O2. The highest BCUT2D eigenvalue weighted by Gasteiger charge is 2.28. The van der Waals surface area contributed by atoms with Gasteiger partial charge in [0.05, 0.1) is 16.7 Å². The van der Waals surface area contributed by atoms with Crippen molar-refractivity contribution < 1.29 is 9.53 Å². The van der Waals surface area contributed by atoms with E-state index in [1.165, 1.54) is 0 Å². The second-order valence-electron chi connectivity index (χ2n) is 6.22. The number of carbonyl (C=O) groups is 1. The summed E-state index contributed by atoms with van der Waals surface area (Å²) in [5.41, 5.74) is 0.706. The van der Waals surface area contributed by atoms with Gasteiger partial charge in [-0.25, -0.2) is 4.79 Å². The van der Waals surface area contributed by atoms with Crippen molar-refractivity contribution in [1.29, 1.82) is 0 Å². The smallest absolute Gasteiger partial charge is 0.410 e. The number of rotatable bonds is 1. The average Bonchev–Trinajstić information content (AvgIpc) is 2.68. The monoisotopic (exact) mass is 343 g/mol. The summed E-state index contributed by atoms with van der Waals surface area (Å²) in [6.07, 6.45) is 3.44. The van der Waals surface area contributed by atoms with E-state index in [0.717, 1.165) is 36.1 Å². The molecule has 1 fully saturated rings. The second-order valence-corrected chi connectivity index (χ2v) is 7.08. The summed E-state index contributed by atoms with van der Waals surface area (Å²) in [6.45, 7) is 9.16. The van der Waals surface area contributed by atoms with Crippen LogP contribution in [0.25, 0.3) is 0 Å². The summed E-state index contributed by atoms with van der Waals surface area (Å²) in [4.78, 5) is 13.8. The van der Waals surface area contributed by atoms with E-state index in [2.05, 4.69) is 32.6 Å². The van der Waals surface area contributed by atoms with Gasteiger partial charge in [-0.2, -0.15) is 5.10 Å². The highest BCUT2D eigenvalue weighted by molar-refractivity contribution is 9.10. The van der Waals surface area contributed by atoms with Crippen molar-refractivity contribution in [2.24, 2.45) is 0 Å². The van der Waals surface area contributed by atoms with Crippen molar-refractivity contribution in [3.63, 3.8) is 0 Å². The number of carbonyl (C=O) groups excluding carboxylic acids is 1. The number of ether oxygens (including phenoxy) is 1. The summed E-state index contributed by atoms with van der Waals surface area (Å²) in [7, 11) is 0. The number of amides is 1. The molecular weight excluding hydrogens is 322 g/mol. The summed E-state index contributed by atoms with van der Waals surface area (Å²) in [5.74, 6) is 0. The Morgan fingerprint density at radius 3 is 2.45 bits per heavy atom. The lowest BCUT2D eigenvalue weighted by Crippen LogP contribution is -2.42. The van der Waals surface area contributed by atoms with Gasteiger partial charge in [-0.05, 0) is 56.5 Å². The van der Waals surface area contributed by atoms with Crippen molar-refractivity contribution in [2.45, 2.75) is 52.2 Å². The standard InChI is InChI=1S/C14H22BrN3O2/c1-10-12(15)9-16-18(10)11-5-7-17(8-6-11)13(19)20-14(2,3)4/h9,11H,5-8H2,1-4H3. The summed E-state index contributed by atoms with van der Waals surface area (Å²) in [5, 5.41) is 4.40. The molecule has 0 aromatic carbocycles. The predicted molar refractivity (Wildman–Crippen MR) is 80.7 cm³/mol. The fourth-order valence-electron chi connectivity index (χ4n) is 2.39. The lowest BCUT2D eigenvalue weighted by molar-refractivity contribution is 0.0184. The molecule has 1 aliphatic heterocycles. The Morgan fingerprint density at radius 1 is 1.40 bits per heavy atom. The third kappa shape index (κ3) is 3.53. The molecule has 1 aromatic heterocycles. The number of piperidine rings is 1. The first-order chi connectivity index (χ1) is 9.28. The van der Waals surface area contributed by atoms with Gasteiger partial charge in [0.1, 0.15) is 5.60 Å². The van der Waals surface area contributed by atoms with E-state index in [-0.39, 0.29) is 6.09 Å². The Hall–Kier alpha value is -1.04. The maximum atomic E-state index is 12.0. The van der Waals surface area contributed by atoms with Crippen LogP contribution in [0.4, 0.5) is 4.79 Å². The van der Waals surface area contributed by atoms with Crippen LogP contribution in [0.1, 0.15) is 45.3 Å². The fraction of sp³-hybridized carbons (Fsp3) is 0.714. The highest BCUT2D eigenvalue weighted by atomic mass is 79.9. The van der Waals surface area contributed by atoms with Crippen LogP contribution >= 0.6 is 15.9 Å². The van der Waals surface area contributed by atoms with Gasteiger partial charge in [0.2, 0.25) is 0 Å². The molecule has 0 spiro atoms. The van der Waals surface area contributed by atoms with E-state index in [1.807, 2.05) is 27.0 Å². The lowest BCUT2D eigenvalue weighted by atomic mass is 10.1. The van der Waals surface area contributed by atoms with Crippen LogP contribution in [0.3, 0.4) is 0 Å². The topological polar surface area (TPSA) is 47.4 Å². The minimum Gasteiger partial charge on any atom is -0.444 e. The van der Waals surface area contributed by atoms with E-state index < -0.39 is 5.60 Å². The van der Waals surface area contributed by atoms with Gasteiger partial charge < -0.3 is 9.64 Å². The third-order valence-electron chi connectivity index (χ3n) is 3.45. The minimum absolute atomic E-state index is 0.214. The molecule has 1 saturated heterocycles. The van der Waals surface area contributed by atoms with Crippen molar-refractivity contribution in [2.75, 3.05) is 13.1 Å². The van der Waals surface area contributed by atoms with Crippen LogP contribution in [0.15, 0.2) is 10.7 Å². The minimum atomic E-state index is -0.433. The average molecular weight is 344 g/mol. The van der Waals surface area contributed by atoms with Gasteiger partial charge in [0, 0.05) is 18.8 Å². The van der Waals surface area contributed by atoms with Crippen LogP contribution < -0.4 is 0 Å². The number of likely N-dealkylation sites (tertiary alicyclic amines) is 1. The Balaban J connectivity index is 1.93. The van der Waals surface area contributed by atoms with Gasteiger partial charge in [0.15, 0.2) is 0 Å². The van der Waals surface area contributed by atoms with Crippen molar-refractivity contribution in [1.82, 2.24) is 14.7 Å². The van der Waals surface area contributed by atoms with Gasteiger partial charge in [0.25, 0.3) is 0 Å². The second kappa shape index (κ2) is 5.76. The highest BCUT2D eigenvalue weighted by Crippen LogP contribution is 2.27. The summed E-state index contributed by atoms with van der Waals surface area (Å²) < 4.78 is 8.49. The lowest BCUT2D eigenvalue weighted by Gasteiger charge is -2.33. The number of nitrogens with zero attached hydrogens (tertiary/aromatic N) is 3. The van der Waals surface area contributed by atoms with E-state index in [9.17, 15) is 4.79 Å². The Labute approximate surface area is 128 Å². The molecule has 5 nitrogen and oxygen atoms in total. The molecule has 1 aliphatic rings. The molecule has 0 saturated carbocycles. The van der Waals surface area contributed by atoms with E-state index in [0.29, 0.717) is 6.04 Å².